The van der Waals surface area contributed by atoms with Gasteiger partial charge in [0.05, 0.1) is 50.4 Å². The van der Waals surface area contributed by atoms with E-state index in [1.54, 1.807) is 0 Å². The summed E-state index contributed by atoms with van der Waals surface area (Å²) < 4.78 is 6.99. The van der Waals surface area contributed by atoms with Gasteiger partial charge in [0.2, 0.25) is 0 Å². The molecule has 7 heteroatoms. The number of fused-ring (bicyclic) bond motifs is 9. The van der Waals surface area contributed by atoms with Crippen molar-refractivity contribution in [2.75, 3.05) is 0 Å². The van der Waals surface area contributed by atoms with Crippen LogP contribution in [-0.2, 0) is 0 Å². The lowest BCUT2D eigenvalue weighted by Crippen LogP contribution is -2.04. The van der Waals surface area contributed by atoms with Crippen LogP contribution in [0.15, 0.2) is 152 Å². The fourth-order valence-electron chi connectivity index (χ4n) is 8.65. The van der Waals surface area contributed by atoms with Crippen molar-refractivity contribution in [3.8, 4) is 34.5 Å². The molecule has 0 amide bonds. The monoisotopic (exact) mass is 705 g/mol. The summed E-state index contributed by atoms with van der Waals surface area (Å²) in [6.45, 7) is 3.77. The maximum atomic E-state index is 10.3. The van der Waals surface area contributed by atoms with Crippen molar-refractivity contribution in [2.24, 2.45) is 0 Å². The van der Waals surface area contributed by atoms with Crippen molar-refractivity contribution in [1.82, 2.24) is 28.7 Å². The number of aryl methyl sites for hydroxylation is 2. The molecule has 0 aliphatic rings. The van der Waals surface area contributed by atoms with Gasteiger partial charge in [0.25, 0.3) is 0 Å². The fourth-order valence-corrected chi connectivity index (χ4v) is 8.65. The molecular weight excluding hydrogens is 675 g/mol. The first-order valence-corrected chi connectivity index (χ1v) is 18.4. The molecule has 55 heavy (non-hydrogen) atoms. The van der Waals surface area contributed by atoms with Crippen LogP contribution in [0.5, 0.6) is 0 Å². The van der Waals surface area contributed by atoms with E-state index in [0.29, 0.717) is 23.0 Å². The molecule has 0 radical (unpaired) electrons. The standard InChI is InChI=1S/C48H31N7/c1-29-50-30(2)52-48(51-29)40-22-19-31(28-49)25-45(40)55-46-26-32(53-41-15-7-3-11-34(41)35-12-4-8-16-42(35)53)20-23-38(46)39-24-21-33(27-47(39)55)54-43-17-9-5-13-36(43)37-14-6-10-18-44(37)54/h3-27H,1-2H3. The Morgan fingerprint density at radius 1 is 0.418 bits per heavy atom. The summed E-state index contributed by atoms with van der Waals surface area (Å²) in [7, 11) is 0. The zero-order valence-corrected chi connectivity index (χ0v) is 30.1. The topological polar surface area (TPSA) is 77.2 Å². The Hall–Kier alpha value is -7.56. The molecule has 11 rings (SSSR count). The average molecular weight is 706 g/mol. The molecule has 258 valence electrons. The number of nitriles is 1. The smallest absolute Gasteiger partial charge is 0.165 e. The highest BCUT2D eigenvalue weighted by Gasteiger charge is 2.22. The molecule has 0 N–H and O–H groups in total. The molecule has 11 aromatic rings. The van der Waals surface area contributed by atoms with Crippen LogP contribution >= 0.6 is 0 Å². The van der Waals surface area contributed by atoms with E-state index < -0.39 is 0 Å². The van der Waals surface area contributed by atoms with Crippen LogP contribution in [0.1, 0.15) is 17.2 Å². The van der Waals surface area contributed by atoms with Crippen LogP contribution in [0.25, 0.3) is 93.9 Å². The number of hydrogen-bond donors (Lipinski definition) is 0. The van der Waals surface area contributed by atoms with E-state index in [9.17, 15) is 5.26 Å². The van der Waals surface area contributed by atoms with Crippen LogP contribution < -0.4 is 0 Å². The largest absolute Gasteiger partial charge is 0.309 e. The third-order valence-electron chi connectivity index (χ3n) is 10.9. The average Bonchev–Trinajstić information content (AvgIpc) is 3.85. The van der Waals surface area contributed by atoms with Gasteiger partial charge in [-0.1, -0.05) is 84.9 Å². The molecular formula is C48H31N7. The van der Waals surface area contributed by atoms with Crippen molar-refractivity contribution in [3.05, 3.63) is 169 Å². The normalized spacial score (nSPS) is 11.8. The highest BCUT2D eigenvalue weighted by atomic mass is 15.1. The van der Waals surface area contributed by atoms with E-state index in [-0.39, 0.29) is 0 Å². The van der Waals surface area contributed by atoms with Gasteiger partial charge in [0.15, 0.2) is 5.82 Å². The first kappa shape index (κ1) is 31.0. The van der Waals surface area contributed by atoms with Crippen LogP contribution in [0.2, 0.25) is 0 Å². The molecule has 0 fully saturated rings. The van der Waals surface area contributed by atoms with E-state index in [4.69, 9.17) is 9.97 Å². The lowest BCUT2D eigenvalue weighted by atomic mass is 10.1. The van der Waals surface area contributed by atoms with E-state index >= 15 is 0 Å². The number of para-hydroxylation sites is 4. The Morgan fingerprint density at radius 3 is 1.27 bits per heavy atom. The summed E-state index contributed by atoms with van der Waals surface area (Å²) in [6.07, 6.45) is 0. The molecule has 0 atom stereocenters. The van der Waals surface area contributed by atoms with Gasteiger partial charge in [-0.2, -0.15) is 5.26 Å². The number of benzene rings is 7. The zero-order chi connectivity index (χ0) is 36.8. The third-order valence-corrected chi connectivity index (χ3v) is 10.9. The van der Waals surface area contributed by atoms with Gasteiger partial charge in [-0.15, -0.1) is 0 Å². The second-order valence-corrected chi connectivity index (χ2v) is 14.1. The number of nitrogens with zero attached hydrogens (tertiary/aromatic N) is 7. The van der Waals surface area contributed by atoms with Gasteiger partial charge >= 0.3 is 0 Å². The summed E-state index contributed by atoms with van der Waals surface area (Å²) in [4.78, 5) is 14.1. The Morgan fingerprint density at radius 2 is 0.836 bits per heavy atom. The first-order chi connectivity index (χ1) is 27.1. The molecule has 0 unspecified atom stereocenters. The van der Waals surface area contributed by atoms with Crippen molar-refractivity contribution in [3.63, 3.8) is 0 Å². The molecule has 7 aromatic carbocycles. The van der Waals surface area contributed by atoms with E-state index in [1.165, 1.54) is 21.5 Å². The molecule has 0 spiro atoms. The maximum absolute atomic E-state index is 10.3. The Kier molecular flexibility index (Phi) is 6.61. The lowest BCUT2D eigenvalue weighted by Gasteiger charge is -2.16. The molecule has 0 aliphatic heterocycles. The van der Waals surface area contributed by atoms with Gasteiger partial charge in [0.1, 0.15) is 11.6 Å². The van der Waals surface area contributed by atoms with E-state index in [2.05, 4.69) is 158 Å². The van der Waals surface area contributed by atoms with Crippen LogP contribution in [0, 0.1) is 25.2 Å². The van der Waals surface area contributed by atoms with Crippen molar-refractivity contribution in [1.29, 1.82) is 5.26 Å². The number of aromatic nitrogens is 6. The summed E-state index contributed by atoms with van der Waals surface area (Å²) in [5.74, 6) is 1.85. The van der Waals surface area contributed by atoms with Crippen LogP contribution in [0.4, 0.5) is 0 Å². The van der Waals surface area contributed by atoms with E-state index in [1.807, 2.05) is 32.0 Å². The predicted octanol–water partition coefficient (Wildman–Crippen LogP) is 11.3. The molecule has 4 heterocycles. The summed E-state index contributed by atoms with van der Waals surface area (Å²) in [5, 5.41) is 17.3. The number of rotatable bonds is 4. The quantitative estimate of drug-likeness (QED) is 0.183. The molecule has 7 nitrogen and oxygen atoms in total. The minimum absolute atomic E-state index is 0.549. The van der Waals surface area contributed by atoms with Crippen molar-refractivity contribution in [2.45, 2.75) is 13.8 Å². The Balaban J connectivity index is 1.27. The van der Waals surface area contributed by atoms with Gasteiger partial charge in [-0.25, -0.2) is 15.0 Å². The van der Waals surface area contributed by atoms with Gasteiger partial charge in [0, 0.05) is 49.3 Å². The van der Waals surface area contributed by atoms with Crippen LogP contribution in [-0.4, -0.2) is 28.7 Å². The molecule has 0 saturated heterocycles. The summed E-state index contributed by atoms with van der Waals surface area (Å²) in [5.41, 5.74) is 10.9. The summed E-state index contributed by atoms with van der Waals surface area (Å²) >= 11 is 0. The highest BCUT2D eigenvalue weighted by Crippen LogP contribution is 2.41. The second-order valence-electron chi connectivity index (χ2n) is 14.1. The van der Waals surface area contributed by atoms with Gasteiger partial charge in [-0.05, 0) is 80.6 Å². The Bertz CT molecular complexity index is 3130. The lowest BCUT2D eigenvalue weighted by molar-refractivity contribution is 0.926. The predicted molar refractivity (Wildman–Crippen MR) is 222 cm³/mol. The first-order valence-electron chi connectivity index (χ1n) is 18.4. The molecule has 0 aliphatic carbocycles. The minimum atomic E-state index is 0.549. The molecule has 0 bridgehead atoms. The Labute approximate surface area is 315 Å². The molecule has 4 aromatic heterocycles. The summed E-state index contributed by atoms with van der Waals surface area (Å²) in [6, 6.07) is 56.0. The second kappa shape index (κ2) is 11.7. The van der Waals surface area contributed by atoms with Gasteiger partial charge in [-0.3, -0.25) is 0 Å². The minimum Gasteiger partial charge on any atom is -0.309 e. The van der Waals surface area contributed by atoms with Crippen molar-refractivity contribution < 1.29 is 0 Å². The zero-order valence-electron chi connectivity index (χ0n) is 30.1. The third kappa shape index (κ3) is 4.58. The highest BCUT2D eigenvalue weighted by molar-refractivity contribution is 6.14. The van der Waals surface area contributed by atoms with E-state index in [0.717, 1.165) is 66.5 Å². The van der Waals surface area contributed by atoms with Crippen molar-refractivity contribution >= 4 is 65.4 Å². The fraction of sp³-hybridized carbons (Fsp3) is 0.0417. The molecule has 0 saturated carbocycles. The maximum Gasteiger partial charge on any atom is 0.165 e. The van der Waals surface area contributed by atoms with Crippen LogP contribution in [0.3, 0.4) is 0 Å². The SMILES string of the molecule is Cc1nc(C)nc(-c2ccc(C#N)cc2-n2c3cc(-n4c5ccccc5c5ccccc54)ccc3c3ccc(-n4c5ccccc5c5ccccc54)cc32)n1. The van der Waals surface area contributed by atoms with Gasteiger partial charge < -0.3 is 13.7 Å². The number of hydrogen-bond acceptors (Lipinski definition) is 4.